The monoisotopic (exact) mass is 324 g/mol. The van der Waals surface area contributed by atoms with Crippen LogP contribution in [0, 0.1) is 0 Å². The van der Waals surface area contributed by atoms with Crippen molar-refractivity contribution in [1.29, 1.82) is 0 Å². The van der Waals surface area contributed by atoms with Gasteiger partial charge in [0.2, 0.25) is 0 Å². The zero-order valence-electron chi connectivity index (χ0n) is 13.8. The molecule has 128 valence electrons. The number of benzene rings is 1. The van der Waals surface area contributed by atoms with Crippen molar-refractivity contribution in [2.45, 2.75) is 19.8 Å². The topological polar surface area (TPSA) is 85.9 Å². The molecule has 0 fully saturated rings. The number of urea groups is 1. The maximum atomic E-state index is 11.5. The standard InChI is InChI=1S/C16H24N2O5/c1-4-23-13-6-5-12(11-14(13)21-2)7-9-17-16(20)18-10-8-15(19)22-3/h5-6,11H,4,7-10H2,1-3H3,(H2,17,18,20). The van der Waals surface area contributed by atoms with Gasteiger partial charge in [0.05, 0.1) is 27.2 Å². The molecular formula is C16H24N2O5. The minimum atomic E-state index is -0.355. The number of rotatable bonds is 9. The summed E-state index contributed by atoms with van der Waals surface area (Å²) in [6.45, 7) is 3.20. The molecule has 23 heavy (non-hydrogen) atoms. The Morgan fingerprint density at radius 2 is 1.83 bits per heavy atom. The minimum Gasteiger partial charge on any atom is -0.493 e. The van der Waals surface area contributed by atoms with Crippen molar-refractivity contribution < 1.29 is 23.8 Å². The molecule has 0 saturated heterocycles. The number of amides is 2. The van der Waals surface area contributed by atoms with Gasteiger partial charge in [0.15, 0.2) is 11.5 Å². The second kappa shape index (κ2) is 10.3. The summed E-state index contributed by atoms with van der Waals surface area (Å²) in [5, 5.41) is 5.31. The van der Waals surface area contributed by atoms with E-state index in [9.17, 15) is 9.59 Å². The molecule has 2 amide bonds. The zero-order valence-corrected chi connectivity index (χ0v) is 13.8. The van der Waals surface area contributed by atoms with Gasteiger partial charge in [0.25, 0.3) is 0 Å². The Balaban J connectivity index is 2.35. The molecule has 0 aromatic heterocycles. The quantitative estimate of drug-likeness (QED) is 0.672. The Morgan fingerprint density at radius 1 is 1.09 bits per heavy atom. The molecule has 1 rings (SSSR count). The average molecular weight is 324 g/mol. The molecule has 7 nitrogen and oxygen atoms in total. The van der Waals surface area contributed by atoms with E-state index in [-0.39, 0.29) is 25.0 Å². The molecule has 0 radical (unpaired) electrons. The van der Waals surface area contributed by atoms with Crippen molar-refractivity contribution in [1.82, 2.24) is 10.6 Å². The maximum absolute atomic E-state index is 11.5. The molecule has 0 bridgehead atoms. The van der Waals surface area contributed by atoms with Crippen LogP contribution in [-0.4, -0.2) is 45.9 Å². The lowest BCUT2D eigenvalue weighted by Gasteiger charge is -2.11. The predicted octanol–water partition coefficient (Wildman–Crippen LogP) is 1.50. The molecule has 0 heterocycles. The Labute approximate surface area is 136 Å². The fourth-order valence-corrected chi connectivity index (χ4v) is 1.91. The van der Waals surface area contributed by atoms with Crippen molar-refractivity contribution >= 4 is 12.0 Å². The van der Waals surface area contributed by atoms with E-state index in [2.05, 4.69) is 15.4 Å². The molecule has 0 unspecified atom stereocenters. The van der Waals surface area contributed by atoms with Gasteiger partial charge in [-0.1, -0.05) is 6.07 Å². The van der Waals surface area contributed by atoms with Gasteiger partial charge in [0, 0.05) is 13.1 Å². The van der Waals surface area contributed by atoms with Crippen LogP contribution < -0.4 is 20.1 Å². The van der Waals surface area contributed by atoms with Crippen molar-refractivity contribution in [2.75, 3.05) is 33.9 Å². The zero-order chi connectivity index (χ0) is 17.1. The molecule has 1 aromatic carbocycles. The van der Waals surface area contributed by atoms with Crippen LogP contribution in [0.3, 0.4) is 0 Å². The van der Waals surface area contributed by atoms with Crippen molar-refractivity contribution in [2.24, 2.45) is 0 Å². The summed E-state index contributed by atoms with van der Waals surface area (Å²) in [6, 6.07) is 5.37. The highest BCUT2D eigenvalue weighted by Crippen LogP contribution is 2.28. The highest BCUT2D eigenvalue weighted by Gasteiger charge is 2.06. The van der Waals surface area contributed by atoms with E-state index >= 15 is 0 Å². The third-order valence-corrected chi connectivity index (χ3v) is 3.07. The summed E-state index contributed by atoms with van der Waals surface area (Å²) in [5.74, 6) is 1.02. The molecule has 0 saturated carbocycles. The average Bonchev–Trinajstić information content (AvgIpc) is 2.56. The van der Waals surface area contributed by atoms with Crippen LogP contribution in [0.1, 0.15) is 18.9 Å². The molecule has 1 aromatic rings. The van der Waals surface area contributed by atoms with E-state index < -0.39 is 0 Å². The maximum Gasteiger partial charge on any atom is 0.314 e. The molecule has 0 spiro atoms. The second-order valence-electron chi connectivity index (χ2n) is 4.68. The normalized spacial score (nSPS) is 9.87. The summed E-state index contributed by atoms with van der Waals surface area (Å²) in [5.41, 5.74) is 1.03. The Bertz CT molecular complexity index is 519. The first-order chi connectivity index (χ1) is 11.1. The summed E-state index contributed by atoms with van der Waals surface area (Å²) in [6.07, 6.45) is 0.813. The molecular weight excluding hydrogens is 300 g/mol. The van der Waals surface area contributed by atoms with Crippen LogP contribution in [0.4, 0.5) is 4.79 Å². The third-order valence-electron chi connectivity index (χ3n) is 3.07. The lowest BCUT2D eigenvalue weighted by molar-refractivity contribution is -0.140. The minimum absolute atomic E-state index is 0.153. The summed E-state index contributed by atoms with van der Waals surface area (Å²) < 4.78 is 15.2. The first-order valence-corrected chi connectivity index (χ1v) is 7.49. The van der Waals surface area contributed by atoms with Gasteiger partial charge in [-0.05, 0) is 31.0 Å². The van der Waals surface area contributed by atoms with Crippen LogP contribution in [0.2, 0.25) is 0 Å². The smallest absolute Gasteiger partial charge is 0.314 e. The van der Waals surface area contributed by atoms with E-state index in [1.165, 1.54) is 7.11 Å². The largest absolute Gasteiger partial charge is 0.493 e. The van der Waals surface area contributed by atoms with Crippen LogP contribution in [-0.2, 0) is 16.0 Å². The molecule has 0 aliphatic carbocycles. The van der Waals surface area contributed by atoms with E-state index in [0.29, 0.717) is 31.1 Å². The van der Waals surface area contributed by atoms with Gasteiger partial charge in [-0.15, -0.1) is 0 Å². The van der Waals surface area contributed by atoms with Crippen LogP contribution in [0.25, 0.3) is 0 Å². The number of hydrogen-bond acceptors (Lipinski definition) is 5. The molecule has 7 heteroatoms. The summed E-state index contributed by atoms with van der Waals surface area (Å²) >= 11 is 0. The summed E-state index contributed by atoms with van der Waals surface area (Å²) in [7, 11) is 2.90. The van der Waals surface area contributed by atoms with Gasteiger partial charge in [-0.2, -0.15) is 0 Å². The van der Waals surface area contributed by atoms with Crippen LogP contribution in [0.15, 0.2) is 18.2 Å². The van der Waals surface area contributed by atoms with Gasteiger partial charge in [0.1, 0.15) is 0 Å². The number of nitrogens with one attached hydrogen (secondary N) is 2. The Hall–Kier alpha value is -2.44. The highest BCUT2D eigenvalue weighted by atomic mass is 16.5. The molecule has 0 aliphatic heterocycles. The van der Waals surface area contributed by atoms with Crippen LogP contribution >= 0.6 is 0 Å². The van der Waals surface area contributed by atoms with E-state index in [0.717, 1.165) is 5.56 Å². The van der Waals surface area contributed by atoms with Gasteiger partial charge in [-0.25, -0.2) is 4.79 Å². The Morgan fingerprint density at radius 3 is 2.48 bits per heavy atom. The molecule has 0 aliphatic rings. The first kappa shape index (κ1) is 18.6. The van der Waals surface area contributed by atoms with Crippen molar-refractivity contribution in [3.8, 4) is 11.5 Å². The number of ether oxygens (including phenoxy) is 3. The number of esters is 1. The highest BCUT2D eigenvalue weighted by molar-refractivity contribution is 5.75. The van der Waals surface area contributed by atoms with Gasteiger partial charge < -0.3 is 24.8 Å². The summed E-state index contributed by atoms with van der Waals surface area (Å²) in [4.78, 5) is 22.5. The predicted molar refractivity (Wildman–Crippen MR) is 85.9 cm³/mol. The van der Waals surface area contributed by atoms with E-state index in [4.69, 9.17) is 9.47 Å². The van der Waals surface area contributed by atoms with Crippen molar-refractivity contribution in [3.05, 3.63) is 23.8 Å². The van der Waals surface area contributed by atoms with Crippen molar-refractivity contribution in [3.63, 3.8) is 0 Å². The number of methoxy groups -OCH3 is 2. The fraction of sp³-hybridized carbons (Fsp3) is 0.500. The lowest BCUT2D eigenvalue weighted by Crippen LogP contribution is -2.37. The van der Waals surface area contributed by atoms with E-state index in [1.54, 1.807) is 7.11 Å². The Kier molecular flexibility index (Phi) is 8.34. The fourth-order valence-electron chi connectivity index (χ4n) is 1.91. The molecule has 2 N–H and O–H groups in total. The van der Waals surface area contributed by atoms with Crippen LogP contribution in [0.5, 0.6) is 11.5 Å². The number of carbonyl (C=O) groups is 2. The van der Waals surface area contributed by atoms with E-state index in [1.807, 2.05) is 25.1 Å². The SMILES string of the molecule is CCOc1ccc(CCNC(=O)NCCC(=O)OC)cc1OC. The molecule has 0 atom stereocenters. The first-order valence-electron chi connectivity index (χ1n) is 7.49. The van der Waals surface area contributed by atoms with Gasteiger partial charge >= 0.3 is 12.0 Å². The number of carbonyl (C=O) groups excluding carboxylic acids is 2. The van der Waals surface area contributed by atoms with Gasteiger partial charge in [-0.3, -0.25) is 4.79 Å². The number of hydrogen-bond donors (Lipinski definition) is 2. The lowest BCUT2D eigenvalue weighted by atomic mass is 10.1. The second-order valence-corrected chi connectivity index (χ2v) is 4.68. The third kappa shape index (κ3) is 6.90.